The van der Waals surface area contributed by atoms with Crippen LogP contribution < -0.4 is 9.47 Å². The number of aliphatic hydroxyl groups excluding tert-OH is 4. The molecule has 5 N–H and O–H groups in total. The van der Waals surface area contributed by atoms with Crippen LogP contribution in [0.3, 0.4) is 0 Å². The molecule has 12 heteroatoms. The minimum Gasteiger partial charge on any atom is -0.489 e. The molecule has 1 aliphatic heterocycles. The standard InChI is InChI=1S/C24H25F3N2O7/c25-24(26,27)21-16(10-13-6-8-15(9-7-13)34-12-14-4-2-1-3-5-14)22(29-28-21)36-23-20(33)19(32)18(31)17(11-30)35-23/h1-9,17-20,23,30-33H,10-12H2,(H,28,29)/t17-,18-,19+,20-,23+/m1/s1. The molecule has 0 bridgehead atoms. The molecule has 0 saturated carbocycles. The number of aromatic nitrogens is 2. The lowest BCUT2D eigenvalue weighted by molar-refractivity contribution is -0.278. The van der Waals surface area contributed by atoms with Crippen molar-refractivity contribution in [2.24, 2.45) is 0 Å². The van der Waals surface area contributed by atoms with Gasteiger partial charge in [0.2, 0.25) is 12.2 Å². The van der Waals surface area contributed by atoms with E-state index in [1.807, 2.05) is 35.4 Å². The average Bonchev–Trinajstić information content (AvgIpc) is 3.27. The Morgan fingerprint density at radius 2 is 1.61 bits per heavy atom. The molecule has 0 radical (unpaired) electrons. The van der Waals surface area contributed by atoms with Crippen LogP contribution in [0.4, 0.5) is 13.2 Å². The van der Waals surface area contributed by atoms with Crippen molar-refractivity contribution in [3.05, 3.63) is 77.0 Å². The Bertz CT molecular complexity index is 1120. The van der Waals surface area contributed by atoms with Crippen molar-refractivity contribution in [2.75, 3.05) is 6.61 Å². The number of alkyl halides is 3. The second-order valence-electron chi connectivity index (χ2n) is 8.29. The van der Waals surface area contributed by atoms with Crippen molar-refractivity contribution < 1.29 is 47.8 Å². The molecular weight excluding hydrogens is 485 g/mol. The smallest absolute Gasteiger partial charge is 0.433 e. The van der Waals surface area contributed by atoms with Gasteiger partial charge in [-0.3, -0.25) is 5.10 Å². The summed E-state index contributed by atoms with van der Waals surface area (Å²) in [5.74, 6) is 0.0275. The van der Waals surface area contributed by atoms with Crippen molar-refractivity contribution in [1.82, 2.24) is 10.2 Å². The molecule has 0 unspecified atom stereocenters. The zero-order valence-corrected chi connectivity index (χ0v) is 18.8. The molecular formula is C24H25F3N2O7. The summed E-state index contributed by atoms with van der Waals surface area (Å²) in [6.45, 7) is -0.387. The van der Waals surface area contributed by atoms with Gasteiger partial charge >= 0.3 is 6.18 Å². The highest BCUT2D eigenvalue weighted by molar-refractivity contribution is 5.39. The van der Waals surface area contributed by atoms with E-state index in [4.69, 9.17) is 14.2 Å². The van der Waals surface area contributed by atoms with Crippen molar-refractivity contribution in [3.8, 4) is 11.6 Å². The average molecular weight is 510 g/mol. The van der Waals surface area contributed by atoms with Crippen molar-refractivity contribution in [1.29, 1.82) is 0 Å². The monoisotopic (exact) mass is 510 g/mol. The molecule has 0 amide bonds. The number of benzene rings is 2. The number of ether oxygens (including phenoxy) is 3. The highest BCUT2D eigenvalue weighted by atomic mass is 19.4. The SMILES string of the molecule is OC[C@H]1O[C@@H](Oc2n[nH]c(C(F)(F)F)c2Cc2ccc(OCc3ccccc3)cc2)[C@H](O)[C@@H](O)[C@@H]1O. The van der Waals surface area contributed by atoms with E-state index in [0.29, 0.717) is 17.9 Å². The highest BCUT2D eigenvalue weighted by Crippen LogP contribution is 2.37. The normalized spacial score (nSPS) is 24.5. The third kappa shape index (κ3) is 5.79. The zero-order chi connectivity index (χ0) is 25.9. The van der Waals surface area contributed by atoms with E-state index in [0.717, 1.165) is 5.56 Å². The third-order valence-corrected chi connectivity index (χ3v) is 5.74. The predicted molar refractivity (Wildman–Crippen MR) is 118 cm³/mol. The summed E-state index contributed by atoms with van der Waals surface area (Å²) in [4.78, 5) is 0. The zero-order valence-electron chi connectivity index (χ0n) is 18.8. The number of halogens is 3. The Balaban J connectivity index is 1.51. The summed E-state index contributed by atoms with van der Waals surface area (Å²) in [6.07, 6.45) is -13.2. The van der Waals surface area contributed by atoms with Crippen molar-refractivity contribution >= 4 is 0 Å². The molecule has 1 saturated heterocycles. The van der Waals surface area contributed by atoms with Crippen LogP contribution in [-0.2, 0) is 23.9 Å². The number of nitrogens with one attached hydrogen (secondary N) is 1. The van der Waals surface area contributed by atoms with Gasteiger partial charge in [0.1, 0.15) is 42.5 Å². The van der Waals surface area contributed by atoms with E-state index in [1.54, 1.807) is 24.3 Å². The van der Waals surface area contributed by atoms with Gasteiger partial charge in [-0.1, -0.05) is 42.5 Å². The van der Waals surface area contributed by atoms with E-state index in [1.165, 1.54) is 0 Å². The quantitative estimate of drug-likeness (QED) is 0.309. The lowest BCUT2D eigenvalue weighted by Crippen LogP contribution is -2.60. The Hall–Kier alpha value is -3.16. The fraction of sp³-hybridized carbons (Fsp3) is 0.375. The van der Waals surface area contributed by atoms with Crippen LogP contribution in [0, 0.1) is 0 Å². The molecule has 4 rings (SSSR count). The molecule has 0 spiro atoms. The molecule has 1 fully saturated rings. The Labute approximate surface area is 203 Å². The van der Waals surface area contributed by atoms with E-state index in [-0.39, 0.29) is 12.0 Å². The van der Waals surface area contributed by atoms with Gasteiger partial charge < -0.3 is 34.6 Å². The number of H-pyrrole nitrogens is 1. The molecule has 1 aliphatic rings. The van der Waals surface area contributed by atoms with Gasteiger partial charge in [0.25, 0.3) is 0 Å². The molecule has 0 aliphatic carbocycles. The summed E-state index contributed by atoms with van der Waals surface area (Å²) in [7, 11) is 0. The Morgan fingerprint density at radius 1 is 0.917 bits per heavy atom. The number of hydrogen-bond donors (Lipinski definition) is 5. The second-order valence-corrected chi connectivity index (χ2v) is 8.29. The second kappa shape index (κ2) is 10.8. The first-order chi connectivity index (χ1) is 17.2. The van der Waals surface area contributed by atoms with Gasteiger partial charge in [-0.2, -0.15) is 13.2 Å². The van der Waals surface area contributed by atoms with Gasteiger partial charge in [-0.25, -0.2) is 0 Å². The fourth-order valence-electron chi connectivity index (χ4n) is 3.77. The van der Waals surface area contributed by atoms with Gasteiger partial charge in [0.05, 0.1) is 12.2 Å². The molecule has 5 atom stereocenters. The molecule has 2 heterocycles. The molecule has 194 valence electrons. The maximum absolute atomic E-state index is 13.6. The number of rotatable bonds is 8. The minimum absolute atomic E-state index is 0.239. The first-order valence-electron chi connectivity index (χ1n) is 11.0. The van der Waals surface area contributed by atoms with Crippen LogP contribution in [0.25, 0.3) is 0 Å². The summed E-state index contributed by atoms with van der Waals surface area (Å²) in [6, 6.07) is 15.9. The van der Waals surface area contributed by atoms with Crippen LogP contribution in [0.1, 0.15) is 22.4 Å². The Kier molecular flexibility index (Phi) is 7.81. The molecule has 9 nitrogen and oxygen atoms in total. The number of hydrogen-bond acceptors (Lipinski definition) is 8. The van der Waals surface area contributed by atoms with Gasteiger partial charge in [0.15, 0.2) is 0 Å². The predicted octanol–water partition coefficient (Wildman–Crippen LogP) is 1.78. The highest BCUT2D eigenvalue weighted by Gasteiger charge is 2.46. The largest absolute Gasteiger partial charge is 0.489 e. The topological polar surface area (TPSA) is 137 Å². The maximum Gasteiger partial charge on any atom is 0.433 e. The van der Waals surface area contributed by atoms with E-state index < -0.39 is 55.1 Å². The first kappa shape index (κ1) is 25.9. The van der Waals surface area contributed by atoms with Gasteiger partial charge in [-0.15, -0.1) is 5.10 Å². The minimum atomic E-state index is -4.78. The molecule has 36 heavy (non-hydrogen) atoms. The third-order valence-electron chi connectivity index (χ3n) is 5.74. The summed E-state index contributed by atoms with van der Waals surface area (Å²) < 4.78 is 57.2. The maximum atomic E-state index is 13.6. The number of aliphatic hydroxyl groups is 4. The first-order valence-corrected chi connectivity index (χ1v) is 11.0. The molecule has 1 aromatic heterocycles. The van der Waals surface area contributed by atoms with Gasteiger partial charge in [0, 0.05) is 6.42 Å². The lowest BCUT2D eigenvalue weighted by atomic mass is 9.99. The number of nitrogens with zero attached hydrogens (tertiary/aromatic N) is 1. The van der Waals surface area contributed by atoms with Gasteiger partial charge in [-0.05, 0) is 23.3 Å². The van der Waals surface area contributed by atoms with E-state index >= 15 is 0 Å². The van der Waals surface area contributed by atoms with E-state index in [9.17, 15) is 33.6 Å². The van der Waals surface area contributed by atoms with Crippen molar-refractivity contribution in [2.45, 2.75) is 49.9 Å². The fourth-order valence-corrected chi connectivity index (χ4v) is 3.77. The van der Waals surface area contributed by atoms with Crippen LogP contribution in [0.2, 0.25) is 0 Å². The summed E-state index contributed by atoms with van der Waals surface area (Å²) in [5, 5.41) is 44.8. The van der Waals surface area contributed by atoms with E-state index in [2.05, 4.69) is 5.10 Å². The van der Waals surface area contributed by atoms with Crippen LogP contribution in [-0.4, -0.2) is 67.9 Å². The van der Waals surface area contributed by atoms with Crippen LogP contribution in [0.5, 0.6) is 11.6 Å². The molecule has 2 aromatic carbocycles. The Morgan fingerprint density at radius 3 is 2.25 bits per heavy atom. The van der Waals surface area contributed by atoms with Crippen LogP contribution >= 0.6 is 0 Å². The summed E-state index contributed by atoms with van der Waals surface area (Å²) >= 11 is 0. The van der Waals surface area contributed by atoms with Crippen LogP contribution in [0.15, 0.2) is 54.6 Å². The number of aromatic amines is 1. The van der Waals surface area contributed by atoms with Crippen molar-refractivity contribution in [3.63, 3.8) is 0 Å². The summed E-state index contributed by atoms with van der Waals surface area (Å²) in [5.41, 5.74) is -0.0405. The lowest BCUT2D eigenvalue weighted by Gasteiger charge is -2.39. The molecule has 3 aromatic rings.